The number of carbonyl (C=O) groups excluding carboxylic acids is 1. The average molecular weight is 277 g/mol. The van der Waals surface area contributed by atoms with Crippen LogP contribution in [0.1, 0.15) is 51.0 Å². The Labute approximate surface area is 119 Å². The quantitative estimate of drug-likeness (QED) is 0.890. The number of hydrogen-bond donors (Lipinski definition) is 2. The lowest BCUT2D eigenvalue weighted by atomic mass is 10.1. The molecule has 1 atom stereocenters. The van der Waals surface area contributed by atoms with Crippen LogP contribution in [0.4, 0.5) is 0 Å². The van der Waals surface area contributed by atoms with E-state index in [0.29, 0.717) is 24.4 Å². The van der Waals surface area contributed by atoms with Crippen molar-refractivity contribution in [1.29, 1.82) is 0 Å². The van der Waals surface area contributed by atoms with Crippen LogP contribution in [0.25, 0.3) is 11.6 Å². The largest absolute Gasteiger partial charge is 0.354 e. The SMILES string of the molecule is C=Cc1c(C(=C)C)[nH]c(=O)n1C1CCCNC1=O.CC. The van der Waals surface area contributed by atoms with E-state index in [2.05, 4.69) is 23.5 Å². The predicted octanol–water partition coefficient (Wildman–Crippen LogP) is 2.33. The van der Waals surface area contributed by atoms with Crippen LogP contribution in [-0.4, -0.2) is 22.0 Å². The van der Waals surface area contributed by atoms with E-state index in [0.717, 1.165) is 12.0 Å². The molecule has 0 bridgehead atoms. The van der Waals surface area contributed by atoms with Crippen molar-refractivity contribution in [1.82, 2.24) is 14.9 Å². The second kappa shape index (κ2) is 6.93. The number of aromatic amines is 1. The van der Waals surface area contributed by atoms with Gasteiger partial charge in [0.2, 0.25) is 5.91 Å². The molecule has 1 fully saturated rings. The first-order chi connectivity index (χ1) is 9.56. The summed E-state index contributed by atoms with van der Waals surface area (Å²) in [5.74, 6) is -0.112. The minimum atomic E-state index is -0.455. The van der Waals surface area contributed by atoms with Gasteiger partial charge in [-0.25, -0.2) is 4.79 Å². The number of allylic oxidation sites excluding steroid dienone is 1. The molecule has 0 aliphatic carbocycles. The number of nitrogens with one attached hydrogen (secondary N) is 2. The molecule has 20 heavy (non-hydrogen) atoms. The van der Waals surface area contributed by atoms with E-state index in [1.165, 1.54) is 4.57 Å². The van der Waals surface area contributed by atoms with Crippen LogP contribution >= 0.6 is 0 Å². The Kier molecular flexibility index (Phi) is 5.55. The van der Waals surface area contributed by atoms with Crippen molar-refractivity contribution >= 4 is 17.6 Å². The van der Waals surface area contributed by atoms with Crippen molar-refractivity contribution in [2.75, 3.05) is 6.54 Å². The number of hydrogen-bond acceptors (Lipinski definition) is 2. The first-order valence-electron chi connectivity index (χ1n) is 6.96. The summed E-state index contributed by atoms with van der Waals surface area (Å²) < 4.78 is 1.48. The molecule has 2 heterocycles. The standard InChI is InChI=1S/C13H17N3O2.C2H6/c1-4-9-11(8(2)3)15-13(18)16(9)10-6-5-7-14-12(10)17;1-2/h4,10H,1-2,5-7H2,3H3,(H,14,17)(H,15,18);1-2H3. The summed E-state index contributed by atoms with van der Waals surface area (Å²) in [4.78, 5) is 26.6. The van der Waals surface area contributed by atoms with Crippen LogP contribution in [0.5, 0.6) is 0 Å². The smallest absolute Gasteiger partial charge is 0.327 e. The maximum Gasteiger partial charge on any atom is 0.327 e. The molecular weight excluding hydrogens is 254 g/mol. The van der Waals surface area contributed by atoms with E-state index in [4.69, 9.17) is 0 Å². The zero-order valence-corrected chi connectivity index (χ0v) is 12.5. The second-order valence-corrected chi connectivity index (χ2v) is 4.49. The van der Waals surface area contributed by atoms with E-state index in [1.807, 2.05) is 20.8 Å². The molecule has 2 N–H and O–H groups in total. The summed E-state index contributed by atoms with van der Waals surface area (Å²) in [6.45, 7) is 14.0. The molecule has 1 saturated heterocycles. The summed E-state index contributed by atoms with van der Waals surface area (Å²) in [6, 6.07) is -0.455. The highest BCUT2D eigenvalue weighted by Gasteiger charge is 2.28. The molecule has 0 spiro atoms. The number of aromatic nitrogens is 2. The highest BCUT2D eigenvalue weighted by atomic mass is 16.2. The fourth-order valence-corrected chi connectivity index (χ4v) is 2.30. The third kappa shape index (κ3) is 2.92. The normalized spacial score (nSPS) is 17.8. The van der Waals surface area contributed by atoms with Crippen LogP contribution in [0, 0.1) is 0 Å². The lowest BCUT2D eigenvalue weighted by molar-refractivity contribution is -0.125. The van der Waals surface area contributed by atoms with Gasteiger partial charge in [0, 0.05) is 6.54 Å². The fourth-order valence-electron chi connectivity index (χ4n) is 2.30. The molecule has 110 valence electrons. The molecule has 5 heteroatoms. The number of piperidine rings is 1. The molecule has 1 aliphatic rings. The van der Waals surface area contributed by atoms with E-state index in [1.54, 1.807) is 6.08 Å². The van der Waals surface area contributed by atoms with Crippen molar-refractivity contribution in [2.45, 2.75) is 39.7 Å². The number of H-pyrrole nitrogens is 1. The van der Waals surface area contributed by atoms with Gasteiger partial charge < -0.3 is 10.3 Å². The van der Waals surface area contributed by atoms with Gasteiger partial charge in [0.25, 0.3) is 0 Å². The lowest BCUT2D eigenvalue weighted by Gasteiger charge is -2.23. The molecule has 1 aromatic heterocycles. The summed E-state index contributed by atoms with van der Waals surface area (Å²) >= 11 is 0. The van der Waals surface area contributed by atoms with Gasteiger partial charge in [-0.1, -0.05) is 27.0 Å². The van der Waals surface area contributed by atoms with Crippen LogP contribution in [0.15, 0.2) is 18.0 Å². The Morgan fingerprint density at radius 3 is 2.55 bits per heavy atom. The molecule has 0 radical (unpaired) electrons. The molecule has 2 rings (SSSR count). The Hall–Kier alpha value is -2.04. The lowest BCUT2D eigenvalue weighted by Crippen LogP contribution is -2.41. The summed E-state index contributed by atoms with van der Waals surface area (Å²) in [5, 5.41) is 2.78. The Morgan fingerprint density at radius 1 is 1.40 bits per heavy atom. The molecular formula is C15H23N3O2. The number of imidazole rings is 1. The number of nitrogens with zero attached hydrogens (tertiary/aromatic N) is 1. The van der Waals surface area contributed by atoms with E-state index in [9.17, 15) is 9.59 Å². The second-order valence-electron chi connectivity index (χ2n) is 4.49. The van der Waals surface area contributed by atoms with E-state index >= 15 is 0 Å². The van der Waals surface area contributed by atoms with Gasteiger partial charge in [0.1, 0.15) is 6.04 Å². The van der Waals surface area contributed by atoms with Crippen LogP contribution in [0.3, 0.4) is 0 Å². The van der Waals surface area contributed by atoms with Gasteiger partial charge in [-0.3, -0.25) is 9.36 Å². The maximum absolute atomic E-state index is 12.0. The van der Waals surface area contributed by atoms with Crippen molar-refractivity contribution in [3.8, 4) is 0 Å². The van der Waals surface area contributed by atoms with Crippen LogP contribution in [-0.2, 0) is 4.79 Å². The minimum Gasteiger partial charge on any atom is -0.354 e. The highest BCUT2D eigenvalue weighted by Crippen LogP contribution is 2.22. The number of carbonyl (C=O) groups is 1. The third-order valence-electron chi connectivity index (χ3n) is 3.15. The van der Waals surface area contributed by atoms with Crippen LogP contribution in [0.2, 0.25) is 0 Å². The molecule has 1 amide bonds. The first kappa shape index (κ1) is 16.0. The molecule has 0 aromatic carbocycles. The third-order valence-corrected chi connectivity index (χ3v) is 3.15. The van der Waals surface area contributed by atoms with Gasteiger partial charge >= 0.3 is 5.69 Å². The van der Waals surface area contributed by atoms with Crippen molar-refractivity contribution < 1.29 is 4.79 Å². The summed E-state index contributed by atoms with van der Waals surface area (Å²) in [5.41, 5.74) is 1.74. The number of rotatable bonds is 3. The van der Waals surface area contributed by atoms with E-state index in [-0.39, 0.29) is 11.6 Å². The monoisotopic (exact) mass is 277 g/mol. The Balaban J connectivity index is 0.000000956. The zero-order valence-electron chi connectivity index (χ0n) is 12.5. The first-order valence-corrected chi connectivity index (χ1v) is 6.96. The minimum absolute atomic E-state index is 0.112. The highest BCUT2D eigenvalue weighted by molar-refractivity contribution is 5.81. The number of amides is 1. The van der Waals surface area contributed by atoms with Gasteiger partial charge in [-0.15, -0.1) is 0 Å². The van der Waals surface area contributed by atoms with Gasteiger partial charge in [0.05, 0.1) is 11.4 Å². The predicted molar refractivity (Wildman–Crippen MR) is 82.5 cm³/mol. The zero-order chi connectivity index (χ0) is 15.3. The van der Waals surface area contributed by atoms with Crippen LogP contribution < -0.4 is 11.0 Å². The molecule has 1 aromatic rings. The summed E-state index contributed by atoms with van der Waals surface area (Å²) in [6.07, 6.45) is 3.12. The molecule has 1 aliphatic heterocycles. The molecule has 5 nitrogen and oxygen atoms in total. The fraction of sp³-hybridized carbons (Fsp3) is 0.467. The van der Waals surface area contributed by atoms with Gasteiger partial charge in [-0.2, -0.15) is 0 Å². The van der Waals surface area contributed by atoms with Crippen molar-refractivity contribution in [3.05, 3.63) is 35.0 Å². The maximum atomic E-state index is 12.0. The molecule has 0 saturated carbocycles. The van der Waals surface area contributed by atoms with E-state index < -0.39 is 6.04 Å². The van der Waals surface area contributed by atoms with Gasteiger partial charge in [-0.05, 0) is 31.4 Å². The average Bonchev–Trinajstić information content (AvgIpc) is 2.78. The van der Waals surface area contributed by atoms with Crippen molar-refractivity contribution in [3.63, 3.8) is 0 Å². The Morgan fingerprint density at radius 2 is 2.05 bits per heavy atom. The Bertz CT molecular complexity index is 566. The molecule has 1 unspecified atom stereocenters. The van der Waals surface area contributed by atoms with Crippen molar-refractivity contribution in [2.24, 2.45) is 0 Å². The topological polar surface area (TPSA) is 66.9 Å². The van der Waals surface area contributed by atoms with Gasteiger partial charge in [0.15, 0.2) is 0 Å². The summed E-state index contributed by atoms with van der Waals surface area (Å²) in [7, 11) is 0.